The van der Waals surface area contributed by atoms with E-state index in [0.717, 1.165) is 0 Å². The number of carbonyl (C=O) groups is 2. The highest BCUT2D eigenvalue weighted by molar-refractivity contribution is 6.02. The Bertz CT molecular complexity index is 722. The van der Waals surface area contributed by atoms with Crippen molar-refractivity contribution in [3.8, 4) is 5.75 Å². The Morgan fingerprint density at radius 2 is 2.04 bits per heavy atom. The molecular formula is C17H19NO5. The van der Waals surface area contributed by atoms with Crippen LogP contribution in [0, 0.1) is 6.92 Å². The fraction of sp³-hybridized carbons (Fsp3) is 0.412. The Morgan fingerprint density at radius 1 is 1.35 bits per heavy atom. The number of fused-ring (bicyclic) bond motifs is 1. The predicted molar refractivity (Wildman–Crippen MR) is 82.2 cm³/mol. The summed E-state index contributed by atoms with van der Waals surface area (Å²) in [6, 6.07) is 3.55. The number of aryl methyl sites for hydroxylation is 1. The van der Waals surface area contributed by atoms with E-state index < -0.39 is 24.2 Å². The number of hydrogen-bond donors (Lipinski definition) is 3. The van der Waals surface area contributed by atoms with Gasteiger partial charge in [0.15, 0.2) is 5.78 Å². The average Bonchev–Trinajstić information content (AvgIpc) is 3.27. The number of rotatable bonds is 3. The van der Waals surface area contributed by atoms with E-state index in [1.807, 2.05) is 13.8 Å². The molecule has 23 heavy (non-hydrogen) atoms. The van der Waals surface area contributed by atoms with Gasteiger partial charge in [0.05, 0.1) is 11.3 Å². The fourth-order valence-corrected chi connectivity index (χ4v) is 2.82. The van der Waals surface area contributed by atoms with E-state index in [1.54, 1.807) is 19.1 Å². The normalized spacial score (nSPS) is 25.9. The lowest BCUT2D eigenvalue weighted by Gasteiger charge is -2.20. The van der Waals surface area contributed by atoms with E-state index in [4.69, 9.17) is 4.74 Å². The highest BCUT2D eigenvalue weighted by Gasteiger charge is 2.53. The van der Waals surface area contributed by atoms with Crippen molar-refractivity contribution >= 4 is 11.7 Å². The molecular weight excluding hydrogens is 298 g/mol. The predicted octanol–water partition coefficient (Wildman–Crippen LogP) is 1.15. The lowest BCUT2D eigenvalue weighted by molar-refractivity contribution is -0.116. The molecule has 2 aliphatic rings. The van der Waals surface area contributed by atoms with Crippen LogP contribution in [0.1, 0.15) is 41.3 Å². The van der Waals surface area contributed by atoms with Crippen LogP contribution in [0.2, 0.25) is 0 Å². The first-order valence-corrected chi connectivity index (χ1v) is 7.54. The first-order valence-electron chi connectivity index (χ1n) is 7.54. The summed E-state index contributed by atoms with van der Waals surface area (Å²) in [7, 11) is 0. The Hall–Kier alpha value is -2.18. The standard InChI is InChI=1S/C17H19NO5/c1-7(2)9-5-4-8(3)13(20)12(9)17(22)18-10-6-11(19)15-16(23-15)14(10)21/h4-7,14-16,20-21H,1-3H3,(H,18,22). The molecule has 0 spiro atoms. The molecule has 122 valence electrons. The topological polar surface area (TPSA) is 99.2 Å². The minimum Gasteiger partial charge on any atom is -0.507 e. The van der Waals surface area contributed by atoms with Crippen molar-refractivity contribution in [2.24, 2.45) is 0 Å². The van der Waals surface area contributed by atoms with Crippen LogP contribution in [0.4, 0.5) is 0 Å². The molecule has 3 unspecified atom stereocenters. The van der Waals surface area contributed by atoms with Crippen LogP contribution in [0.5, 0.6) is 5.75 Å². The third-order valence-corrected chi connectivity index (χ3v) is 4.25. The third kappa shape index (κ3) is 2.64. The summed E-state index contributed by atoms with van der Waals surface area (Å²) in [5, 5.41) is 22.9. The summed E-state index contributed by atoms with van der Waals surface area (Å²) >= 11 is 0. The molecule has 1 saturated heterocycles. The number of benzene rings is 1. The van der Waals surface area contributed by atoms with Crippen LogP contribution in [0.3, 0.4) is 0 Å². The summed E-state index contributed by atoms with van der Waals surface area (Å²) in [4.78, 5) is 24.3. The molecule has 0 radical (unpaired) electrons. The summed E-state index contributed by atoms with van der Waals surface area (Å²) in [5.41, 5.74) is 1.55. The molecule has 6 heteroatoms. The highest BCUT2D eigenvalue weighted by atomic mass is 16.6. The van der Waals surface area contributed by atoms with Gasteiger partial charge < -0.3 is 20.3 Å². The molecule has 1 fully saturated rings. The van der Waals surface area contributed by atoms with E-state index in [0.29, 0.717) is 11.1 Å². The van der Waals surface area contributed by atoms with Gasteiger partial charge in [-0.05, 0) is 24.0 Å². The van der Waals surface area contributed by atoms with Crippen LogP contribution in [0.15, 0.2) is 23.9 Å². The molecule has 3 rings (SSSR count). The zero-order valence-corrected chi connectivity index (χ0v) is 13.2. The molecule has 1 amide bonds. The first kappa shape index (κ1) is 15.7. The smallest absolute Gasteiger partial charge is 0.259 e. The minimum absolute atomic E-state index is 0.0327. The number of phenolic OH excluding ortho intramolecular Hbond substituents is 1. The Morgan fingerprint density at radius 3 is 2.70 bits per heavy atom. The van der Waals surface area contributed by atoms with E-state index in [9.17, 15) is 19.8 Å². The molecule has 3 atom stereocenters. The van der Waals surface area contributed by atoms with Gasteiger partial charge in [-0.15, -0.1) is 0 Å². The van der Waals surface area contributed by atoms with Crippen LogP contribution in [-0.2, 0) is 9.53 Å². The quantitative estimate of drug-likeness (QED) is 0.726. The molecule has 1 aliphatic heterocycles. The van der Waals surface area contributed by atoms with Crippen molar-refractivity contribution in [1.82, 2.24) is 5.32 Å². The lowest BCUT2D eigenvalue weighted by atomic mass is 9.93. The molecule has 0 aromatic heterocycles. The van der Waals surface area contributed by atoms with E-state index in [1.165, 1.54) is 6.08 Å². The van der Waals surface area contributed by atoms with Gasteiger partial charge >= 0.3 is 0 Å². The molecule has 1 aromatic rings. The fourth-order valence-electron chi connectivity index (χ4n) is 2.82. The number of hydrogen-bond acceptors (Lipinski definition) is 5. The zero-order chi connectivity index (χ0) is 16.9. The molecule has 1 aromatic carbocycles. The maximum Gasteiger partial charge on any atom is 0.259 e. The van der Waals surface area contributed by atoms with E-state index in [2.05, 4.69) is 5.32 Å². The summed E-state index contributed by atoms with van der Waals surface area (Å²) in [6.07, 6.45) is -1.03. The SMILES string of the molecule is Cc1ccc(C(C)C)c(C(=O)NC2=CC(=O)C3OC3C2O)c1O. The number of epoxide rings is 1. The molecule has 1 aliphatic carbocycles. The van der Waals surface area contributed by atoms with Crippen molar-refractivity contribution in [2.45, 2.75) is 45.0 Å². The molecule has 1 heterocycles. The molecule has 3 N–H and O–H groups in total. The Kier molecular flexibility index (Phi) is 3.74. The van der Waals surface area contributed by atoms with Gasteiger partial charge in [0, 0.05) is 6.08 Å². The Labute approximate surface area is 133 Å². The van der Waals surface area contributed by atoms with Crippen LogP contribution >= 0.6 is 0 Å². The van der Waals surface area contributed by atoms with E-state index in [-0.39, 0.29) is 28.7 Å². The van der Waals surface area contributed by atoms with Crippen LogP contribution in [0.25, 0.3) is 0 Å². The molecule has 0 bridgehead atoms. The van der Waals surface area contributed by atoms with Crippen molar-refractivity contribution in [1.29, 1.82) is 0 Å². The molecule has 6 nitrogen and oxygen atoms in total. The van der Waals surface area contributed by atoms with Gasteiger partial charge in [0.2, 0.25) is 0 Å². The van der Waals surface area contributed by atoms with Gasteiger partial charge in [-0.2, -0.15) is 0 Å². The number of amides is 1. The lowest BCUT2D eigenvalue weighted by Crippen LogP contribution is -2.38. The van der Waals surface area contributed by atoms with Crippen LogP contribution < -0.4 is 5.32 Å². The zero-order valence-electron chi connectivity index (χ0n) is 13.2. The second-order valence-electron chi connectivity index (χ2n) is 6.27. The number of carbonyl (C=O) groups excluding carboxylic acids is 2. The average molecular weight is 317 g/mol. The number of nitrogens with one attached hydrogen (secondary N) is 1. The number of aromatic hydroxyl groups is 1. The number of aliphatic hydroxyl groups is 1. The maximum atomic E-state index is 12.6. The highest BCUT2D eigenvalue weighted by Crippen LogP contribution is 2.34. The number of ether oxygens (including phenoxy) is 1. The minimum atomic E-state index is -1.05. The number of ketones is 1. The van der Waals surface area contributed by atoms with Crippen molar-refractivity contribution in [2.75, 3.05) is 0 Å². The summed E-state index contributed by atoms with van der Waals surface area (Å²) < 4.78 is 5.07. The second-order valence-corrected chi connectivity index (χ2v) is 6.27. The van der Waals surface area contributed by atoms with Gasteiger partial charge in [0.25, 0.3) is 5.91 Å². The Balaban J connectivity index is 1.92. The van der Waals surface area contributed by atoms with Gasteiger partial charge in [-0.25, -0.2) is 0 Å². The maximum absolute atomic E-state index is 12.6. The van der Waals surface area contributed by atoms with Crippen molar-refractivity contribution < 1.29 is 24.5 Å². The first-order chi connectivity index (χ1) is 10.8. The third-order valence-electron chi connectivity index (χ3n) is 4.25. The molecule has 0 saturated carbocycles. The monoisotopic (exact) mass is 317 g/mol. The van der Waals surface area contributed by atoms with Crippen LogP contribution in [-0.4, -0.2) is 40.2 Å². The van der Waals surface area contributed by atoms with Gasteiger partial charge in [-0.1, -0.05) is 26.0 Å². The van der Waals surface area contributed by atoms with Crippen molar-refractivity contribution in [3.63, 3.8) is 0 Å². The number of aliphatic hydroxyl groups excluding tert-OH is 1. The summed E-state index contributed by atoms with van der Waals surface area (Å²) in [6.45, 7) is 5.54. The van der Waals surface area contributed by atoms with E-state index >= 15 is 0 Å². The van der Waals surface area contributed by atoms with Crippen molar-refractivity contribution in [3.05, 3.63) is 40.6 Å². The second kappa shape index (κ2) is 5.47. The van der Waals surface area contributed by atoms with Gasteiger partial charge in [-0.3, -0.25) is 9.59 Å². The van der Waals surface area contributed by atoms with Gasteiger partial charge in [0.1, 0.15) is 24.1 Å². The largest absolute Gasteiger partial charge is 0.507 e. The summed E-state index contributed by atoms with van der Waals surface area (Å²) in [5.74, 6) is -0.878. The number of phenols is 1.